The average Bonchev–Trinajstić information content (AvgIpc) is 3.95. The van der Waals surface area contributed by atoms with Crippen molar-refractivity contribution in [2.75, 3.05) is 64.7 Å². The van der Waals surface area contributed by atoms with Crippen LogP contribution >= 0.6 is 11.6 Å². The molecule has 0 bridgehead atoms. The van der Waals surface area contributed by atoms with Gasteiger partial charge in [-0.1, -0.05) is 55.3 Å². The van der Waals surface area contributed by atoms with Gasteiger partial charge >= 0.3 is 0 Å². The van der Waals surface area contributed by atoms with E-state index in [1.165, 1.54) is 24.8 Å². The van der Waals surface area contributed by atoms with Gasteiger partial charge in [0.15, 0.2) is 5.78 Å². The third-order valence-corrected chi connectivity index (χ3v) is 14.9. The SMILES string of the molecule is CNC(=O)C(CCC=O)N1C(=O)c2ccc(OC(C)(C)C(C)(C)CN3CCN(C4=CC=C(C)CN4)CC3)cc2C1=O.O=CN1CCCC(Nc2ncnc3[nH]cc(C(=O)c4ccc(Oc5ccccc5)cc4Cl)c23)C1. The highest BCUT2D eigenvalue weighted by molar-refractivity contribution is 6.36. The molecule has 2 aromatic heterocycles. The number of hydrogen-bond acceptors (Lipinski definition) is 14. The molecule has 4 N–H and O–H groups in total. The lowest BCUT2D eigenvalue weighted by molar-refractivity contribution is -0.125. The second-order valence-electron chi connectivity index (χ2n) is 20.4. The van der Waals surface area contributed by atoms with Gasteiger partial charge in [0.05, 0.1) is 27.1 Å². The number of imide groups is 1. The zero-order chi connectivity index (χ0) is 53.4. The summed E-state index contributed by atoms with van der Waals surface area (Å²) in [5.41, 5.74) is 2.22. The Labute approximate surface area is 441 Å². The van der Waals surface area contributed by atoms with Crippen molar-refractivity contribution in [3.05, 3.63) is 130 Å². The number of likely N-dealkylation sites (tertiary alicyclic amines) is 1. The molecule has 3 aromatic carbocycles. The first-order valence-electron chi connectivity index (χ1n) is 25.3. The first-order valence-corrected chi connectivity index (χ1v) is 25.7. The number of piperidine rings is 1. The van der Waals surface area contributed by atoms with E-state index in [0.717, 1.165) is 70.0 Å². The number of halogens is 1. The van der Waals surface area contributed by atoms with E-state index in [0.29, 0.717) is 58.1 Å². The molecule has 394 valence electrons. The number of hydrogen-bond donors (Lipinski definition) is 4. The largest absolute Gasteiger partial charge is 0.487 e. The van der Waals surface area contributed by atoms with Crippen LogP contribution in [-0.2, 0) is 14.4 Å². The summed E-state index contributed by atoms with van der Waals surface area (Å²) in [6.45, 7) is 17.4. The number of H-pyrrole nitrogens is 1. The standard InChI is InChI=1S/C31H43N5O5.C25H22ClN5O3/c1-21-9-12-26(33-19-21)35-15-13-34(14-16-35)20-30(2,3)31(4,5)41-22-10-11-23-24(18-22)29(40)36(28(23)39)25(8-7-17-37)27(38)32-6;26-21-11-18(34-17-6-2-1-3-7-17)8-9-19(21)23(33)20-12-27-24-22(20)25(29-14-28-24)30-16-5-4-10-31(13-16)15-32/h9-12,17-18,25,33H,7-8,13-16,19-20H2,1-6H3,(H,32,38);1-3,6-9,11-12,14-16H,4-5,10,13H2,(H2,27,28,29,30). The monoisotopic (exact) mass is 1040 g/mol. The van der Waals surface area contributed by atoms with Gasteiger partial charge in [-0.25, -0.2) is 9.97 Å². The molecule has 4 aliphatic heterocycles. The summed E-state index contributed by atoms with van der Waals surface area (Å²) in [5.74, 6) is 1.60. The number of fused-ring (bicyclic) bond motifs is 2. The van der Waals surface area contributed by atoms with Gasteiger partial charge in [-0.05, 0) is 88.6 Å². The number of likely N-dealkylation sites (N-methyl/N-ethyl adjacent to an activating group) is 1. The van der Waals surface area contributed by atoms with Crippen molar-refractivity contribution in [3.8, 4) is 17.2 Å². The minimum atomic E-state index is -1.05. The smallest absolute Gasteiger partial charge is 0.262 e. The van der Waals surface area contributed by atoms with Gasteiger partial charge in [0, 0.05) is 95.1 Å². The molecule has 5 aromatic rings. The Bertz CT molecular complexity index is 3000. The van der Waals surface area contributed by atoms with Crippen LogP contribution in [0.15, 0.2) is 103 Å². The number of para-hydroxylation sites is 1. The fourth-order valence-electron chi connectivity index (χ4n) is 9.65. The molecule has 0 spiro atoms. The molecule has 2 unspecified atom stereocenters. The van der Waals surface area contributed by atoms with E-state index >= 15 is 0 Å². The highest BCUT2D eigenvalue weighted by atomic mass is 35.5. The number of piperazine rings is 1. The van der Waals surface area contributed by atoms with Crippen LogP contribution in [0.2, 0.25) is 5.02 Å². The maximum atomic E-state index is 13.5. The first-order chi connectivity index (χ1) is 36.0. The lowest BCUT2D eigenvalue weighted by Gasteiger charge is -2.46. The van der Waals surface area contributed by atoms with Crippen LogP contribution in [0.4, 0.5) is 5.82 Å². The third kappa shape index (κ3) is 12.2. The summed E-state index contributed by atoms with van der Waals surface area (Å²) < 4.78 is 12.3. The van der Waals surface area contributed by atoms with E-state index in [-0.39, 0.29) is 46.2 Å². The molecule has 4 aliphatic rings. The van der Waals surface area contributed by atoms with Crippen LogP contribution in [0.3, 0.4) is 0 Å². The van der Waals surface area contributed by atoms with Gasteiger partial charge in [0.25, 0.3) is 11.8 Å². The number of nitrogens with one attached hydrogen (secondary N) is 4. The average molecular weight is 1040 g/mol. The van der Waals surface area contributed by atoms with E-state index in [1.54, 1.807) is 47.5 Å². The second kappa shape index (κ2) is 23.3. The highest BCUT2D eigenvalue weighted by Gasteiger charge is 2.44. The van der Waals surface area contributed by atoms with Crippen molar-refractivity contribution in [1.29, 1.82) is 0 Å². The molecule has 6 heterocycles. The van der Waals surface area contributed by atoms with E-state index < -0.39 is 29.4 Å². The number of dihydropyridines is 1. The number of nitrogens with zero attached hydrogens (tertiary/aromatic N) is 6. The predicted molar refractivity (Wildman–Crippen MR) is 286 cm³/mol. The van der Waals surface area contributed by atoms with Crippen LogP contribution in [-0.4, -0.2) is 148 Å². The van der Waals surface area contributed by atoms with Crippen LogP contribution < -0.4 is 25.4 Å². The lowest BCUT2D eigenvalue weighted by Crippen LogP contribution is -2.55. The zero-order valence-corrected chi connectivity index (χ0v) is 44.0. The summed E-state index contributed by atoms with van der Waals surface area (Å²) >= 11 is 6.49. The topological polar surface area (TPSA) is 211 Å². The zero-order valence-electron chi connectivity index (χ0n) is 43.3. The van der Waals surface area contributed by atoms with Crippen molar-refractivity contribution in [3.63, 3.8) is 0 Å². The number of carbonyl (C=O) groups excluding carboxylic acids is 6. The van der Waals surface area contributed by atoms with Crippen LogP contribution in [0, 0.1) is 5.41 Å². The van der Waals surface area contributed by atoms with Crippen molar-refractivity contribution < 1.29 is 38.2 Å². The van der Waals surface area contributed by atoms with Crippen molar-refractivity contribution in [2.24, 2.45) is 5.41 Å². The molecule has 0 saturated carbocycles. The summed E-state index contributed by atoms with van der Waals surface area (Å²) in [4.78, 5) is 93.8. The molecule has 2 saturated heterocycles. The van der Waals surface area contributed by atoms with Crippen molar-refractivity contribution >= 4 is 64.7 Å². The van der Waals surface area contributed by atoms with E-state index in [4.69, 9.17) is 21.1 Å². The van der Waals surface area contributed by atoms with Gasteiger partial charge in [0.2, 0.25) is 12.3 Å². The Kier molecular flexibility index (Phi) is 16.7. The summed E-state index contributed by atoms with van der Waals surface area (Å²) in [5, 5.41) is 10.3. The first kappa shape index (κ1) is 53.7. The number of ether oxygens (including phenoxy) is 2. The number of aromatic nitrogens is 3. The summed E-state index contributed by atoms with van der Waals surface area (Å²) in [6, 6.07) is 18.2. The van der Waals surface area contributed by atoms with Gasteiger partial charge in [-0.2, -0.15) is 0 Å². The molecular formula is C56H65ClN10O8. The summed E-state index contributed by atoms with van der Waals surface area (Å²) in [6.07, 6.45) is 10.9. The molecule has 2 atom stereocenters. The van der Waals surface area contributed by atoms with Gasteiger partial charge in [-0.15, -0.1) is 0 Å². The van der Waals surface area contributed by atoms with E-state index in [2.05, 4.69) is 73.6 Å². The Morgan fingerprint density at radius 2 is 1.64 bits per heavy atom. The molecular weight excluding hydrogens is 976 g/mol. The number of aldehydes is 1. The van der Waals surface area contributed by atoms with Gasteiger partial charge in [-0.3, -0.25) is 33.8 Å². The molecule has 75 heavy (non-hydrogen) atoms. The maximum absolute atomic E-state index is 13.5. The van der Waals surface area contributed by atoms with Gasteiger partial charge < -0.3 is 45.0 Å². The molecule has 18 nitrogen and oxygen atoms in total. The van der Waals surface area contributed by atoms with E-state index in [1.807, 2.05) is 44.2 Å². The molecule has 19 heteroatoms. The Balaban J connectivity index is 0.000000202. The van der Waals surface area contributed by atoms with E-state index in [9.17, 15) is 28.8 Å². The third-order valence-electron chi connectivity index (χ3n) is 14.5. The normalized spacial score (nSPS) is 17.4. The molecule has 0 aliphatic carbocycles. The molecule has 2 fully saturated rings. The fourth-order valence-corrected chi connectivity index (χ4v) is 9.90. The van der Waals surface area contributed by atoms with Gasteiger partial charge in [0.1, 0.15) is 58.8 Å². The Hall–Kier alpha value is -7.57. The lowest BCUT2D eigenvalue weighted by atomic mass is 9.76. The number of carbonyl (C=O) groups is 6. The number of rotatable bonds is 18. The number of benzene rings is 3. The van der Waals surface area contributed by atoms with Crippen LogP contribution in [0.25, 0.3) is 11.0 Å². The number of ketones is 1. The molecule has 4 amide bonds. The maximum Gasteiger partial charge on any atom is 0.262 e. The highest BCUT2D eigenvalue weighted by Crippen LogP contribution is 2.38. The number of anilines is 1. The second-order valence-corrected chi connectivity index (χ2v) is 20.8. The van der Waals surface area contributed by atoms with Crippen molar-refractivity contribution in [2.45, 2.75) is 78.0 Å². The number of aromatic amines is 1. The molecule has 0 radical (unpaired) electrons. The minimum Gasteiger partial charge on any atom is -0.487 e. The van der Waals surface area contributed by atoms with Crippen molar-refractivity contribution in [1.82, 2.24) is 45.2 Å². The Morgan fingerprint density at radius 3 is 2.33 bits per heavy atom. The predicted octanol–water partition coefficient (Wildman–Crippen LogP) is 7.24. The quantitative estimate of drug-likeness (QED) is 0.0388. The summed E-state index contributed by atoms with van der Waals surface area (Å²) in [7, 11) is 1.44. The number of amides is 4. The Morgan fingerprint density at radius 1 is 0.893 bits per heavy atom. The molecule has 9 rings (SSSR count). The number of allylic oxidation sites excluding steroid dienone is 2. The van der Waals surface area contributed by atoms with Crippen LogP contribution in [0.1, 0.15) is 96.9 Å². The minimum absolute atomic E-state index is 0.0351. The van der Waals surface area contributed by atoms with Crippen LogP contribution in [0.5, 0.6) is 17.2 Å². The fraction of sp³-hybridized carbons (Fsp3) is 0.393.